The molecule has 106 valence electrons. The van der Waals surface area contributed by atoms with E-state index in [1.807, 2.05) is 25.1 Å². The number of anilines is 1. The van der Waals surface area contributed by atoms with Crippen LogP contribution in [0.1, 0.15) is 30.9 Å². The van der Waals surface area contributed by atoms with Crippen molar-refractivity contribution in [2.75, 3.05) is 5.73 Å². The van der Waals surface area contributed by atoms with Gasteiger partial charge in [0, 0.05) is 6.07 Å². The van der Waals surface area contributed by atoms with Crippen LogP contribution in [0, 0.1) is 12.7 Å². The lowest BCUT2D eigenvalue weighted by Gasteiger charge is -2.13. The van der Waals surface area contributed by atoms with Crippen LogP contribution in [0.15, 0.2) is 34.8 Å². The summed E-state index contributed by atoms with van der Waals surface area (Å²) in [4.78, 5) is 0. The average Bonchev–Trinajstić information content (AvgIpc) is 2.35. The van der Waals surface area contributed by atoms with E-state index in [1.54, 1.807) is 0 Å². The van der Waals surface area contributed by atoms with Gasteiger partial charge in [-0.3, -0.25) is 0 Å². The zero-order valence-electron chi connectivity index (χ0n) is 11.7. The van der Waals surface area contributed by atoms with Crippen LogP contribution in [0.3, 0.4) is 0 Å². The highest BCUT2D eigenvalue weighted by Gasteiger charge is 2.10. The average molecular weight is 338 g/mol. The molecular formula is C16H17BrFNO. The Labute approximate surface area is 126 Å². The van der Waals surface area contributed by atoms with Crippen molar-refractivity contribution in [2.45, 2.75) is 26.7 Å². The molecule has 4 heteroatoms. The van der Waals surface area contributed by atoms with Crippen LogP contribution < -0.4 is 10.5 Å². The van der Waals surface area contributed by atoms with Crippen LogP contribution in [-0.4, -0.2) is 0 Å². The summed E-state index contributed by atoms with van der Waals surface area (Å²) < 4.78 is 19.5. The molecule has 0 aliphatic carbocycles. The third-order valence-corrected chi connectivity index (χ3v) is 3.75. The van der Waals surface area contributed by atoms with Gasteiger partial charge in [-0.15, -0.1) is 0 Å². The predicted molar refractivity (Wildman–Crippen MR) is 83.9 cm³/mol. The van der Waals surface area contributed by atoms with Gasteiger partial charge in [0.15, 0.2) is 5.75 Å². The fourth-order valence-corrected chi connectivity index (χ4v) is 2.48. The molecule has 0 spiro atoms. The minimum absolute atomic E-state index is 0.322. The van der Waals surface area contributed by atoms with Crippen LogP contribution in [-0.2, 0) is 0 Å². The van der Waals surface area contributed by atoms with E-state index in [9.17, 15) is 4.39 Å². The first-order valence-corrected chi connectivity index (χ1v) is 7.20. The predicted octanol–water partition coefficient (Wildman–Crippen LogP) is 5.39. The second kappa shape index (κ2) is 5.83. The molecular weight excluding hydrogens is 321 g/mol. The third-order valence-electron chi connectivity index (χ3n) is 3.14. The molecule has 0 heterocycles. The Morgan fingerprint density at radius 2 is 1.90 bits per heavy atom. The van der Waals surface area contributed by atoms with E-state index in [2.05, 4.69) is 29.8 Å². The van der Waals surface area contributed by atoms with Gasteiger partial charge < -0.3 is 10.5 Å². The van der Waals surface area contributed by atoms with Crippen LogP contribution >= 0.6 is 15.9 Å². The molecule has 0 aromatic heterocycles. The summed E-state index contributed by atoms with van der Waals surface area (Å²) in [6.45, 7) is 6.32. The Morgan fingerprint density at radius 1 is 1.20 bits per heavy atom. The largest absolute Gasteiger partial charge is 0.455 e. The van der Waals surface area contributed by atoms with E-state index in [4.69, 9.17) is 10.5 Å². The van der Waals surface area contributed by atoms with Crippen molar-refractivity contribution in [3.63, 3.8) is 0 Å². The van der Waals surface area contributed by atoms with E-state index < -0.39 is 5.82 Å². The van der Waals surface area contributed by atoms with Crippen LogP contribution in [0.2, 0.25) is 0 Å². The maximum absolute atomic E-state index is 13.5. The van der Waals surface area contributed by atoms with Crippen molar-refractivity contribution < 1.29 is 9.13 Å². The van der Waals surface area contributed by atoms with E-state index in [-0.39, 0.29) is 0 Å². The van der Waals surface area contributed by atoms with Crippen LogP contribution in [0.4, 0.5) is 10.1 Å². The van der Waals surface area contributed by atoms with Crippen molar-refractivity contribution in [3.8, 4) is 11.5 Å². The molecule has 2 aromatic carbocycles. The lowest BCUT2D eigenvalue weighted by Crippen LogP contribution is -1.96. The molecule has 0 radical (unpaired) electrons. The van der Waals surface area contributed by atoms with Gasteiger partial charge in [-0.2, -0.15) is 0 Å². The Balaban J connectivity index is 2.31. The van der Waals surface area contributed by atoms with Gasteiger partial charge in [0.25, 0.3) is 0 Å². The maximum atomic E-state index is 13.5. The first-order valence-electron chi connectivity index (χ1n) is 6.41. The molecule has 0 amide bonds. The molecule has 0 aliphatic rings. The molecule has 0 saturated carbocycles. The molecule has 2 rings (SSSR count). The lowest BCUT2D eigenvalue weighted by atomic mass is 9.98. The van der Waals surface area contributed by atoms with Gasteiger partial charge >= 0.3 is 0 Å². The van der Waals surface area contributed by atoms with Crippen molar-refractivity contribution in [1.82, 2.24) is 0 Å². The van der Waals surface area contributed by atoms with E-state index in [0.29, 0.717) is 27.6 Å². The molecule has 0 unspecified atom stereocenters. The topological polar surface area (TPSA) is 35.2 Å². The summed E-state index contributed by atoms with van der Waals surface area (Å²) >= 11 is 3.09. The molecule has 2 aromatic rings. The number of rotatable bonds is 3. The highest BCUT2D eigenvalue weighted by atomic mass is 79.9. The number of hydrogen-bond acceptors (Lipinski definition) is 2. The Bertz CT molecular complexity index is 641. The summed E-state index contributed by atoms with van der Waals surface area (Å²) in [6, 6.07) is 8.63. The lowest BCUT2D eigenvalue weighted by molar-refractivity contribution is 0.478. The van der Waals surface area contributed by atoms with Gasteiger partial charge in [-0.25, -0.2) is 4.39 Å². The zero-order valence-corrected chi connectivity index (χ0v) is 13.3. The normalized spacial score (nSPS) is 10.9. The summed E-state index contributed by atoms with van der Waals surface area (Å²) in [5.74, 6) is 1.03. The van der Waals surface area contributed by atoms with E-state index in [1.165, 1.54) is 17.7 Å². The van der Waals surface area contributed by atoms with Crippen LogP contribution in [0.5, 0.6) is 11.5 Å². The monoisotopic (exact) mass is 337 g/mol. The van der Waals surface area contributed by atoms with Gasteiger partial charge in [-0.1, -0.05) is 19.9 Å². The minimum Gasteiger partial charge on any atom is -0.455 e. The number of nitrogens with two attached hydrogens (primary N) is 1. The highest BCUT2D eigenvalue weighted by Crippen LogP contribution is 2.33. The molecule has 0 atom stereocenters. The quantitative estimate of drug-likeness (QED) is 0.761. The fraction of sp³-hybridized carbons (Fsp3) is 0.250. The SMILES string of the molecule is Cc1cc(Oc2cc(F)c(Br)cc2N)ccc1C(C)C. The van der Waals surface area contributed by atoms with Gasteiger partial charge in [0.2, 0.25) is 0 Å². The molecule has 0 saturated heterocycles. The van der Waals surface area contributed by atoms with Gasteiger partial charge in [0.05, 0.1) is 10.2 Å². The molecule has 2 N–H and O–H groups in total. The molecule has 0 fully saturated rings. The fourth-order valence-electron chi connectivity index (χ4n) is 2.12. The Kier molecular flexibility index (Phi) is 4.33. The Hall–Kier alpha value is -1.55. The smallest absolute Gasteiger partial charge is 0.153 e. The van der Waals surface area contributed by atoms with Crippen molar-refractivity contribution in [2.24, 2.45) is 0 Å². The van der Waals surface area contributed by atoms with E-state index >= 15 is 0 Å². The standard InChI is InChI=1S/C16H17BrFNO/c1-9(2)12-5-4-11(6-10(12)3)20-16-8-14(18)13(17)7-15(16)19/h4-9H,19H2,1-3H3. The van der Waals surface area contributed by atoms with Crippen molar-refractivity contribution in [3.05, 3.63) is 51.7 Å². The minimum atomic E-state index is -0.398. The number of benzene rings is 2. The molecule has 2 nitrogen and oxygen atoms in total. The number of hydrogen-bond donors (Lipinski definition) is 1. The zero-order chi connectivity index (χ0) is 14.9. The summed E-state index contributed by atoms with van der Waals surface area (Å²) in [5, 5.41) is 0. The number of aryl methyl sites for hydroxylation is 1. The van der Waals surface area contributed by atoms with Gasteiger partial charge in [-0.05, 0) is 58.1 Å². The first-order chi connectivity index (χ1) is 9.38. The maximum Gasteiger partial charge on any atom is 0.153 e. The molecule has 0 aliphatic heterocycles. The molecule has 0 bridgehead atoms. The number of nitrogen functional groups attached to an aromatic ring is 1. The third kappa shape index (κ3) is 3.12. The van der Waals surface area contributed by atoms with Crippen molar-refractivity contribution >= 4 is 21.6 Å². The summed E-state index contributed by atoms with van der Waals surface area (Å²) in [7, 11) is 0. The molecule has 20 heavy (non-hydrogen) atoms. The second-order valence-corrected chi connectivity index (χ2v) is 5.93. The van der Waals surface area contributed by atoms with Crippen molar-refractivity contribution in [1.29, 1.82) is 0 Å². The second-order valence-electron chi connectivity index (χ2n) is 5.08. The Morgan fingerprint density at radius 3 is 2.50 bits per heavy atom. The first kappa shape index (κ1) is 14.9. The van der Waals surface area contributed by atoms with E-state index in [0.717, 1.165) is 5.56 Å². The highest BCUT2D eigenvalue weighted by molar-refractivity contribution is 9.10. The summed E-state index contributed by atoms with van der Waals surface area (Å²) in [5.41, 5.74) is 8.64. The van der Waals surface area contributed by atoms with Gasteiger partial charge in [0.1, 0.15) is 11.6 Å². The summed E-state index contributed by atoms with van der Waals surface area (Å²) in [6.07, 6.45) is 0. The number of halogens is 2. The van der Waals surface area contributed by atoms with Crippen LogP contribution in [0.25, 0.3) is 0 Å². The number of ether oxygens (including phenoxy) is 1.